The van der Waals surface area contributed by atoms with Crippen LogP contribution in [-0.2, 0) is 4.74 Å². The zero-order valence-corrected chi connectivity index (χ0v) is 15.5. The summed E-state index contributed by atoms with van der Waals surface area (Å²) in [6.45, 7) is 4.21. The van der Waals surface area contributed by atoms with Gasteiger partial charge in [-0.05, 0) is 54.3 Å². The van der Waals surface area contributed by atoms with E-state index in [-0.39, 0.29) is 17.5 Å². The number of aryl methyl sites for hydroxylation is 1. The second-order valence-corrected chi connectivity index (χ2v) is 7.47. The van der Waals surface area contributed by atoms with Gasteiger partial charge in [0, 0.05) is 23.5 Å². The highest BCUT2D eigenvalue weighted by Gasteiger charge is 2.18. The number of halogens is 2. The maximum atomic E-state index is 14.5. The number of rotatable bonds is 3. The van der Waals surface area contributed by atoms with E-state index in [2.05, 4.69) is 5.32 Å². The molecule has 0 saturated carbocycles. The maximum absolute atomic E-state index is 14.5. The van der Waals surface area contributed by atoms with Crippen molar-refractivity contribution in [1.82, 2.24) is 0 Å². The minimum Gasteiger partial charge on any atom is -0.378 e. The number of carbonyl (C=O) groups excluding carboxylic acids is 1. The third kappa shape index (κ3) is 3.52. The largest absolute Gasteiger partial charge is 0.378 e. The van der Waals surface area contributed by atoms with E-state index in [1.165, 1.54) is 29.5 Å². The molecule has 4 rings (SSSR count). The fourth-order valence-electron chi connectivity index (χ4n) is 3.24. The number of nitrogens with zero attached hydrogens (tertiary/aromatic N) is 1. The van der Waals surface area contributed by atoms with Crippen LogP contribution >= 0.6 is 11.3 Å². The second-order valence-electron chi connectivity index (χ2n) is 6.42. The third-order valence-electron chi connectivity index (χ3n) is 4.66. The van der Waals surface area contributed by atoms with E-state index in [0.717, 1.165) is 15.6 Å². The smallest absolute Gasteiger partial charge is 0.266 e. The Morgan fingerprint density at radius 2 is 1.93 bits per heavy atom. The molecule has 1 fully saturated rings. The van der Waals surface area contributed by atoms with E-state index in [1.54, 1.807) is 25.1 Å². The average molecular weight is 388 g/mol. The Morgan fingerprint density at radius 1 is 1.15 bits per heavy atom. The van der Waals surface area contributed by atoms with Crippen molar-refractivity contribution >= 4 is 38.7 Å². The van der Waals surface area contributed by atoms with Crippen molar-refractivity contribution < 1.29 is 18.3 Å². The normalized spacial score (nSPS) is 14.6. The van der Waals surface area contributed by atoms with Crippen LogP contribution in [0.3, 0.4) is 0 Å². The molecule has 1 amide bonds. The van der Waals surface area contributed by atoms with Crippen LogP contribution in [0.4, 0.5) is 20.2 Å². The lowest BCUT2D eigenvalue weighted by atomic mass is 10.1. The first kappa shape index (κ1) is 17.9. The number of fused-ring (bicyclic) bond motifs is 1. The van der Waals surface area contributed by atoms with E-state index >= 15 is 0 Å². The number of hydrogen-bond acceptors (Lipinski definition) is 4. The van der Waals surface area contributed by atoms with Gasteiger partial charge >= 0.3 is 0 Å². The standard InChI is InChI=1S/C20H18F2N2O2S/c1-12-15-10-13(21)2-5-18(15)27-19(12)20(25)23-14-3-4-17(16(22)11-14)24-6-8-26-9-7-24/h2-5,10-11H,6-9H2,1H3,(H,23,25). The van der Waals surface area contributed by atoms with E-state index in [1.807, 2.05) is 4.90 Å². The first-order valence-corrected chi connectivity index (χ1v) is 9.47. The van der Waals surface area contributed by atoms with Crippen LogP contribution in [0.1, 0.15) is 15.2 Å². The number of thiophene rings is 1. The molecule has 3 aromatic rings. The van der Waals surface area contributed by atoms with E-state index in [9.17, 15) is 13.6 Å². The number of hydrogen-bond donors (Lipinski definition) is 1. The molecule has 1 aliphatic rings. The van der Waals surface area contributed by atoms with E-state index in [4.69, 9.17) is 4.74 Å². The SMILES string of the molecule is Cc1c(C(=O)Nc2ccc(N3CCOCC3)c(F)c2)sc2ccc(F)cc12. The number of benzene rings is 2. The molecule has 7 heteroatoms. The van der Waals surface area contributed by atoms with Crippen molar-refractivity contribution in [2.75, 3.05) is 36.5 Å². The van der Waals surface area contributed by atoms with Crippen LogP contribution in [0.5, 0.6) is 0 Å². The number of nitrogens with one attached hydrogen (secondary N) is 1. The lowest BCUT2D eigenvalue weighted by molar-refractivity contribution is 0.103. The highest BCUT2D eigenvalue weighted by molar-refractivity contribution is 7.21. The summed E-state index contributed by atoms with van der Waals surface area (Å²) in [6, 6.07) is 9.15. The lowest BCUT2D eigenvalue weighted by Crippen LogP contribution is -2.36. The third-order valence-corrected chi connectivity index (χ3v) is 5.93. The Morgan fingerprint density at radius 3 is 2.67 bits per heavy atom. The predicted molar refractivity (Wildman–Crippen MR) is 104 cm³/mol. The minimum absolute atomic E-state index is 0.326. The predicted octanol–water partition coefficient (Wildman–Crippen LogP) is 4.58. The highest BCUT2D eigenvalue weighted by Crippen LogP contribution is 2.32. The van der Waals surface area contributed by atoms with Crippen LogP contribution in [0.25, 0.3) is 10.1 Å². The molecule has 1 saturated heterocycles. The number of anilines is 2. The van der Waals surface area contributed by atoms with Crippen LogP contribution in [0.15, 0.2) is 36.4 Å². The molecule has 0 unspecified atom stereocenters. The first-order valence-electron chi connectivity index (χ1n) is 8.65. The lowest BCUT2D eigenvalue weighted by Gasteiger charge is -2.29. The Bertz CT molecular complexity index is 1010. The quantitative estimate of drug-likeness (QED) is 0.714. The molecule has 0 bridgehead atoms. The van der Waals surface area contributed by atoms with Gasteiger partial charge in [-0.3, -0.25) is 4.79 Å². The monoisotopic (exact) mass is 388 g/mol. The Hall–Kier alpha value is -2.51. The summed E-state index contributed by atoms with van der Waals surface area (Å²) in [6.07, 6.45) is 0. The van der Waals surface area contributed by atoms with Crippen molar-refractivity contribution in [2.24, 2.45) is 0 Å². The van der Waals surface area contributed by atoms with E-state index < -0.39 is 0 Å². The Labute approximate surface area is 159 Å². The molecule has 1 N–H and O–H groups in total. The topological polar surface area (TPSA) is 41.6 Å². The van der Waals surface area contributed by atoms with Gasteiger partial charge in [-0.2, -0.15) is 0 Å². The second kappa shape index (κ2) is 7.25. The molecule has 0 aliphatic carbocycles. The summed E-state index contributed by atoms with van der Waals surface area (Å²) in [5.74, 6) is -1.05. The van der Waals surface area contributed by atoms with Crippen molar-refractivity contribution in [3.05, 3.63) is 58.5 Å². The fraction of sp³-hybridized carbons (Fsp3) is 0.250. The van der Waals surface area contributed by atoms with Crippen LogP contribution in [0, 0.1) is 18.6 Å². The van der Waals surface area contributed by atoms with Crippen LogP contribution in [-0.4, -0.2) is 32.2 Å². The summed E-state index contributed by atoms with van der Waals surface area (Å²) in [5.41, 5.74) is 1.61. The summed E-state index contributed by atoms with van der Waals surface area (Å²) >= 11 is 1.30. The van der Waals surface area contributed by atoms with E-state index in [0.29, 0.717) is 42.6 Å². The molecule has 0 spiro atoms. The van der Waals surface area contributed by atoms with Gasteiger partial charge in [-0.25, -0.2) is 8.78 Å². The average Bonchev–Trinajstić information content (AvgIpc) is 2.99. The maximum Gasteiger partial charge on any atom is 0.266 e. The molecular formula is C20H18F2N2O2S. The summed E-state index contributed by atoms with van der Waals surface area (Å²) in [4.78, 5) is 15.1. The number of morpholine rings is 1. The number of ether oxygens (including phenoxy) is 1. The van der Waals surface area contributed by atoms with Crippen LogP contribution in [0.2, 0.25) is 0 Å². The molecule has 140 valence electrons. The zero-order valence-electron chi connectivity index (χ0n) is 14.7. The summed E-state index contributed by atoms with van der Waals surface area (Å²) < 4.78 is 34.1. The molecular weight excluding hydrogens is 370 g/mol. The molecule has 2 heterocycles. The number of amides is 1. The number of carbonyl (C=O) groups is 1. The minimum atomic E-state index is -0.384. The van der Waals surface area contributed by atoms with Crippen molar-refractivity contribution in [2.45, 2.75) is 6.92 Å². The van der Waals surface area contributed by atoms with Gasteiger partial charge in [0.05, 0.1) is 23.8 Å². The van der Waals surface area contributed by atoms with Gasteiger partial charge in [-0.1, -0.05) is 0 Å². The molecule has 0 radical (unpaired) electrons. The van der Waals surface area contributed by atoms with Crippen molar-refractivity contribution in [3.8, 4) is 0 Å². The fourth-order valence-corrected chi connectivity index (χ4v) is 4.33. The molecule has 4 nitrogen and oxygen atoms in total. The molecule has 1 aliphatic heterocycles. The van der Waals surface area contributed by atoms with Gasteiger partial charge in [0.15, 0.2) is 0 Å². The Balaban J connectivity index is 1.56. The van der Waals surface area contributed by atoms with Crippen LogP contribution < -0.4 is 10.2 Å². The summed E-state index contributed by atoms with van der Waals surface area (Å²) in [5, 5.41) is 3.46. The van der Waals surface area contributed by atoms with Gasteiger partial charge in [0.1, 0.15) is 11.6 Å². The molecule has 1 aromatic heterocycles. The van der Waals surface area contributed by atoms with Gasteiger partial charge in [-0.15, -0.1) is 11.3 Å². The molecule has 0 atom stereocenters. The van der Waals surface area contributed by atoms with Gasteiger partial charge in [0.2, 0.25) is 0 Å². The summed E-state index contributed by atoms with van der Waals surface area (Å²) in [7, 11) is 0. The van der Waals surface area contributed by atoms with Crippen molar-refractivity contribution in [3.63, 3.8) is 0 Å². The Kier molecular flexibility index (Phi) is 4.80. The highest BCUT2D eigenvalue weighted by atomic mass is 32.1. The molecule has 27 heavy (non-hydrogen) atoms. The van der Waals surface area contributed by atoms with Crippen molar-refractivity contribution in [1.29, 1.82) is 0 Å². The zero-order chi connectivity index (χ0) is 19.0. The first-order chi connectivity index (χ1) is 13.0. The van der Waals surface area contributed by atoms with Gasteiger partial charge < -0.3 is 15.0 Å². The van der Waals surface area contributed by atoms with Gasteiger partial charge in [0.25, 0.3) is 5.91 Å². The molecule has 2 aromatic carbocycles.